The van der Waals surface area contributed by atoms with Crippen LogP contribution in [0.3, 0.4) is 0 Å². The summed E-state index contributed by atoms with van der Waals surface area (Å²) in [7, 11) is 1.70. The van der Waals surface area contributed by atoms with Crippen LogP contribution < -0.4 is 4.74 Å². The second kappa shape index (κ2) is 7.57. The molecule has 1 aromatic rings. The van der Waals surface area contributed by atoms with E-state index >= 15 is 0 Å². The van der Waals surface area contributed by atoms with Crippen LogP contribution in [-0.4, -0.2) is 60.7 Å². The SMILES string of the molecule is COc1ccc(CN2CC[C@@]3(CCC[C@@H](CN4CCCC4=O)O3)C2)cc1. The number of carbonyl (C=O) groups excluding carboxylic acids is 1. The number of hydrogen-bond donors (Lipinski definition) is 0. The number of carbonyl (C=O) groups is 1. The quantitative estimate of drug-likeness (QED) is 0.812. The average Bonchev–Trinajstić information content (AvgIpc) is 3.22. The van der Waals surface area contributed by atoms with Crippen LogP contribution in [0.2, 0.25) is 0 Å². The molecule has 26 heavy (non-hydrogen) atoms. The molecule has 3 heterocycles. The summed E-state index contributed by atoms with van der Waals surface area (Å²) in [5.74, 6) is 1.21. The van der Waals surface area contributed by atoms with E-state index < -0.39 is 0 Å². The molecule has 5 heteroatoms. The van der Waals surface area contributed by atoms with Crippen molar-refractivity contribution in [1.29, 1.82) is 0 Å². The highest BCUT2D eigenvalue weighted by Gasteiger charge is 2.43. The Labute approximate surface area is 156 Å². The molecule has 5 nitrogen and oxygen atoms in total. The molecular formula is C21H30N2O3. The van der Waals surface area contributed by atoms with E-state index in [0.29, 0.717) is 12.3 Å². The molecule has 3 saturated heterocycles. The molecule has 3 fully saturated rings. The number of ether oxygens (including phenoxy) is 2. The number of amides is 1. The fraction of sp³-hybridized carbons (Fsp3) is 0.667. The van der Waals surface area contributed by atoms with Crippen LogP contribution in [0.4, 0.5) is 0 Å². The van der Waals surface area contributed by atoms with Crippen LogP contribution in [0.5, 0.6) is 5.75 Å². The van der Waals surface area contributed by atoms with Crippen LogP contribution in [0, 0.1) is 0 Å². The number of nitrogens with zero attached hydrogens (tertiary/aromatic N) is 2. The van der Waals surface area contributed by atoms with Gasteiger partial charge in [0.15, 0.2) is 0 Å². The smallest absolute Gasteiger partial charge is 0.222 e. The molecular weight excluding hydrogens is 328 g/mol. The van der Waals surface area contributed by atoms with Crippen molar-refractivity contribution in [3.8, 4) is 5.75 Å². The molecule has 1 amide bonds. The minimum absolute atomic E-state index is 0.00183. The second-order valence-electron chi connectivity index (χ2n) is 8.07. The molecule has 0 radical (unpaired) electrons. The van der Waals surface area contributed by atoms with Gasteiger partial charge in [0, 0.05) is 39.1 Å². The van der Waals surface area contributed by atoms with E-state index in [0.717, 1.165) is 64.2 Å². The van der Waals surface area contributed by atoms with Gasteiger partial charge in [-0.25, -0.2) is 0 Å². The van der Waals surface area contributed by atoms with Crippen molar-refractivity contribution in [2.75, 3.05) is 33.3 Å². The summed E-state index contributed by atoms with van der Waals surface area (Å²) in [4.78, 5) is 16.4. The Bertz CT molecular complexity index is 633. The van der Waals surface area contributed by atoms with E-state index in [1.165, 1.54) is 12.0 Å². The third-order valence-corrected chi connectivity index (χ3v) is 6.13. The predicted molar refractivity (Wildman–Crippen MR) is 100 cm³/mol. The maximum atomic E-state index is 11.9. The largest absolute Gasteiger partial charge is 0.497 e. The normalized spacial score (nSPS) is 29.7. The first kappa shape index (κ1) is 17.8. The maximum Gasteiger partial charge on any atom is 0.222 e. The number of rotatable bonds is 5. The lowest BCUT2D eigenvalue weighted by Crippen LogP contribution is -2.47. The molecule has 0 aromatic heterocycles. The van der Waals surface area contributed by atoms with Gasteiger partial charge < -0.3 is 14.4 Å². The van der Waals surface area contributed by atoms with Crippen molar-refractivity contribution in [1.82, 2.24) is 9.80 Å². The zero-order chi connectivity index (χ0) is 18.0. The summed E-state index contributed by atoms with van der Waals surface area (Å²) in [5.41, 5.74) is 1.32. The van der Waals surface area contributed by atoms with Gasteiger partial charge in [0.2, 0.25) is 5.91 Å². The van der Waals surface area contributed by atoms with E-state index in [1.54, 1.807) is 7.11 Å². The van der Waals surface area contributed by atoms with Gasteiger partial charge >= 0.3 is 0 Å². The minimum Gasteiger partial charge on any atom is -0.497 e. The van der Waals surface area contributed by atoms with E-state index in [1.807, 2.05) is 17.0 Å². The zero-order valence-electron chi connectivity index (χ0n) is 15.8. The van der Waals surface area contributed by atoms with Crippen LogP contribution in [0.25, 0.3) is 0 Å². The minimum atomic E-state index is -0.00183. The van der Waals surface area contributed by atoms with Gasteiger partial charge in [0.05, 0.1) is 18.8 Å². The van der Waals surface area contributed by atoms with E-state index in [9.17, 15) is 4.79 Å². The lowest BCUT2D eigenvalue weighted by molar-refractivity contribution is -0.142. The summed E-state index contributed by atoms with van der Waals surface area (Å²) in [6.45, 7) is 4.75. The van der Waals surface area contributed by atoms with E-state index in [-0.39, 0.29) is 11.7 Å². The van der Waals surface area contributed by atoms with E-state index in [4.69, 9.17) is 9.47 Å². The fourth-order valence-electron chi connectivity index (χ4n) is 4.75. The van der Waals surface area contributed by atoms with Gasteiger partial charge in [0.1, 0.15) is 5.75 Å². The second-order valence-corrected chi connectivity index (χ2v) is 8.07. The summed E-state index contributed by atoms with van der Waals surface area (Å²) >= 11 is 0. The van der Waals surface area contributed by atoms with Crippen LogP contribution >= 0.6 is 0 Å². The molecule has 1 aromatic carbocycles. The summed E-state index contributed by atoms with van der Waals surface area (Å²) in [6, 6.07) is 8.35. The Morgan fingerprint density at radius 3 is 2.77 bits per heavy atom. The predicted octanol–water partition coefficient (Wildman–Crippen LogP) is 2.83. The number of hydrogen-bond acceptors (Lipinski definition) is 4. The number of methoxy groups -OCH3 is 1. The van der Waals surface area contributed by atoms with Crippen molar-refractivity contribution >= 4 is 5.91 Å². The van der Waals surface area contributed by atoms with Gasteiger partial charge in [-0.3, -0.25) is 9.69 Å². The van der Waals surface area contributed by atoms with Crippen molar-refractivity contribution in [2.24, 2.45) is 0 Å². The summed E-state index contributed by atoms with van der Waals surface area (Å²) in [6.07, 6.45) is 6.49. The van der Waals surface area contributed by atoms with Crippen LogP contribution in [-0.2, 0) is 16.1 Å². The third-order valence-electron chi connectivity index (χ3n) is 6.13. The summed E-state index contributed by atoms with van der Waals surface area (Å²) in [5, 5.41) is 0. The Kier molecular flexibility index (Phi) is 5.18. The molecule has 2 atom stereocenters. The summed E-state index contributed by atoms with van der Waals surface area (Å²) < 4.78 is 11.8. The molecule has 4 rings (SSSR count). The topological polar surface area (TPSA) is 42.0 Å². The Morgan fingerprint density at radius 2 is 2.04 bits per heavy atom. The average molecular weight is 358 g/mol. The first-order valence-electron chi connectivity index (χ1n) is 9.97. The Balaban J connectivity index is 1.33. The Morgan fingerprint density at radius 1 is 1.19 bits per heavy atom. The van der Waals surface area contributed by atoms with Crippen molar-refractivity contribution in [2.45, 2.75) is 56.8 Å². The molecule has 3 aliphatic heterocycles. The van der Waals surface area contributed by atoms with Gasteiger partial charge in [-0.05, 0) is 49.8 Å². The molecule has 3 aliphatic rings. The first-order valence-corrected chi connectivity index (χ1v) is 9.97. The highest BCUT2D eigenvalue weighted by Crippen LogP contribution is 2.37. The lowest BCUT2D eigenvalue weighted by atomic mass is 9.90. The fourth-order valence-corrected chi connectivity index (χ4v) is 4.75. The number of benzene rings is 1. The number of likely N-dealkylation sites (tertiary alicyclic amines) is 2. The van der Waals surface area contributed by atoms with Crippen LogP contribution in [0.1, 0.15) is 44.1 Å². The molecule has 0 unspecified atom stereocenters. The lowest BCUT2D eigenvalue weighted by Gasteiger charge is -2.40. The van der Waals surface area contributed by atoms with Crippen LogP contribution in [0.15, 0.2) is 24.3 Å². The van der Waals surface area contributed by atoms with E-state index in [2.05, 4.69) is 17.0 Å². The standard InChI is InChI=1S/C21H30N2O3/c1-25-18-8-6-17(7-9-18)14-22-13-11-21(16-22)10-2-4-19(26-21)15-23-12-3-5-20(23)24/h6-9,19H,2-5,10-16H2,1H3/t19-,21-/m0/s1. The van der Waals surface area contributed by atoms with Gasteiger partial charge in [-0.1, -0.05) is 12.1 Å². The molecule has 0 N–H and O–H groups in total. The first-order chi connectivity index (χ1) is 12.7. The molecule has 1 spiro atoms. The van der Waals surface area contributed by atoms with Crippen molar-refractivity contribution in [3.63, 3.8) is 0 Å². The van der Waals surface area contributed by atoms with Gasteiger partial charge in [-0.2, -0.15) is 0 Å². The monoisotopic (exact) mass is 358 g/mol. The molecule has 0 aliphatic carbocycles. The van der Waals surface area contributed by atoms with Gasteiger partial charge in [0.25, 0.3) is 0 Å². The zero-order valence-corrected chi connectivity index (χ0v) is 15.8. The molecule has 142 valence electrons. The van der Waals surface area contributed by atoms with Gasteiger partial charge in [-0.15, -0.1) is 0 Å². The highest BCUT2D eigenvalue weighted by molar-refractivity contribution is 5.78. The maximum absolute atomic E-state index is 11.9. The van der Waals surface area contributed by atoms with Crippen molar-refractivity contribution in [3.05, 3.63) is 29.8 Å². The highest BCUT2D eigenvalue weighted by atomic mass is 16.5. The Hall–Kier alpha value is -1.59. The van der Waals surface area contributed by atoms with Crippen molar-refractivity contribution < 1.29 is 14.3 Å². The third kappa shape index (κ3) is 3.89. The molecule has 0 bridgehead atoms. The molecule has 0 saturated carbocycles.